The Balaban J connectivity index is 4.32. The van der Waals surface area contributed by atoms with Crippen molar-refractivity contribution < 1.29 is 9.90 Å². The topological polar surface area (TPSA) is 52.5 Å². The summed E-state index contributed by atoms with van der Waals surface area (Å²) < 4.78 is 0. The maximum atomic E-state index is 9.98. The molecule has 0 aliphatic heterocycles. The number of carbonyl (C=O) groups is 1. The molecule has 0 atom stereocenters. The summed E-state index contributed by atoms with van der Waals surface area (Å²) in [5.74, 6) is -1.29. The van der Waals surface area contributed by atoms with Crippen molar-refractivity contribution in [2.75, 3.05) is 0 Å². The molecule has 3 nitrogen and oxygen atoms in total. The molecule has 0 rings (SSSR count). The lowest BCUT2D eigenvalue weighted by Gasteiger charge is -1.97. The van der Waals surface area contributed by atoms with E-state index in [-0.39, 0.29) is 5.57 Å². The number of hydrogen-bond donors (Lipinski definition) is 0. The lowest BCUT2D eigenvalue weighted by Crippen LogP contribution is -2.23. The van der Waals surface area contributed by atoms with Crippen LogP contribution in [0.25, 0.3) is 0 Å². The summed E-state index contributed by atoms with van der Waals surface area (Å²) in [6, 6.07) is 0. The third-order valence-electron chi connectivity index (χ3n) is 0.686. The number of carboxylic acid groups (broad SMARTS) is 1. The van der Waals surface area contributed by atoms with Crippen molar-refractivity contribution in [3.8, 4) is 0 Å². The van der Waals surface area contributed by atoms with Gasteiger partial charge in [-0.05, 0) is 6.72 Å². The van der Waals surface area contributed by atoms with Crippen molar-refractivity contribution >= 4 is 12.7 Å². The van der Waals surface area contributed by atoms with E-state index in [0.29, 0.717) is 0 Å². The first-order valence-electron chi connectivity index (χ1n) is 2.22. The fourth-order valence-corrected chi connectivity index (χ4v) is 0.287. The summed E-state index contributed by atoms with van der Waals surface area (Å²) in [6.07, 6.45) is 2.21. The predicted octanol–water partition coefficient (Wildman–Crippen LogP) is -0.493. The third-order valence-corrected chi connectivity index (χ3v) is 0.686. The van der Waals surface area contributed by atoms with Crippen LogP contribution in [-0.4, -0.2) is 12.7 Å². The first-order valence-corrected chi connectivity index (χ1v) is 2.22. The van der Waals surface area contributed by atoms with Gasteiger partial charge < -0.3 is 9.90 Å². The normalized spacial score (nSPS) is 10.4. The highest BCUT2D eigenvalue weighted by Crippen LogP contribution is 1.91. The van der Waals surface area contributed by atoms with E-state index in [1.807, 2.05) is 0 Å². The lowest BCUT2D eigenvalue weighted by atomic mass is 10.3. The minimum Gasteiger partial charge on any atom is -0.545 e. The highest BCUT2D eigenvalue weighted by molar-refractivity contribution is 5.87. The Morgan fingerprint density at radius 3 is 2.33 bits per heavy atom. The van der Waals surface area contributed by atoms with E-state index in [1.165, 1.54) is 0 Å². The fraction of sp³-hybridized carbons (Fsp3) is 0. The van der Waals surface area contributed by atoms with E-state index < -0.39 is 5.97 Å². The molecule has 0 aliphatic carbocycles. The van der Waals surface area contributed by atoms with Crippen molar-refractivity contribution in [1.82, 2.24) is 0 Å². The van der Waals surface area contributed by atoms with Gasteiger partial charge in [-0.1, -0.05) is 12.7 Å². The van der Waals surface area contributed by atoms with E-state index in [0.717, 1.165) is 12.3 Å². The van der Waals surface area contributed by atoms with Crippen molar-refractivity contribution in [3.63, 3.8) is 0 Å². The van der Waals surface area contributed by atoms with Crippen LogP contribution in [0.5, 0.6) is 0 Å². The maximum absolute atomic E-state index is 9.98. The molecule has 0 aromatic carbocycles. The molecule has 0 saturated carbocycles. The minimum absolute atomic E-state index is 0.0648. The molecule has 0 heterocycles. The van der Waals surface area contributed by atoms with Gasteiger partial charge >= 0.3 is 0 Å². The summed E-state index contributed by atoms with van der Waals surface area (Å²) in [6.45, 7) is 6.29. The largest absolute Gasteiger partial charge is 0.545 e. The Morgan fingerprint density at radius 1 is 1.67 bits per heavy atom. The van der Waals surface area contributed by atoms with E-state index in [1.54, 1.807) is 0 Å². The molecule has 0 aliphatic rings. The van der Waals surface area contributed by atoms with Crippen LogP contribution in [0.4, 0.5) is 0 Å². The molecule has 0 radical (unpaired) electrons. The molecule has 0 fully saturated rings. The molecule has 3 heteroatoms. The average molecular weight is 124 g/mol. The predicted molar refractivity (Wildman–Crippen MR) is 32.8 cm³/mol. The van der Waals surface area contributed by atoms with Crippen LogP contribution in [0, 0.1) is 0 Å². The van der Waals surface area contributed by atoms with Crippen molar-refractivity contribution in [1.29, 1.82) is 0 Å². The zero-order valence-corrected chi connectivity index (χ0v) is 4.83. The van der Waals surface area contributed by atoms with E-state index in [2.05, 4.69) is 18.3 Å². The number of aliphatic carboxylic acids is 1. The quantitative estimate of drug-likeness (QED) is 0.289. The first kappa shape index (κ1) is 7.62. The Labute approximate surface area is 53.0 Å². The van der Waals surface area contributed by atoms with Gasteiger partial charge in [0.05, 0.1) is 5.97 Å². The number of hydrogen-bond acceptors (Lipinski definition) is 3. The second-order valence-corrected chi connectivity index (χ2v) is 1.26. The maximum Gasteiger partial charge on any atom is 0.0730 e. The fourth-order valence-electron chi connectivity index (χ4n) is 0.287. The molecule has 0 aromatic heterocycles. The van der Waals surface area contributed by atoms with E-state index in [9.17, 15) is 9.90 Å². The number of carboxylic acids is 1. The smallest absolute Gasteiger partial charge is 0.0730 e. The highest BCUT2D eigenvalue weighted by Gasteiger charge is 1.86. The highest BCUT2D eigenvalue weighted by atomic mass is 16.4. The van der Waals surface area contributed by atoms with Crippen molar-refractivity contribution in [2.24, 2.45) is 4.99 Å². The van der Waals surface area contributed by atoms with Gasteiger partial charge in [0.1, 0.15) is 0 Å². The molecule has 48 valence electrons. The molecular weight excluding hydrogens is 118 g/mol. The Kier molecular flexibility index (Phi) is 3.05. The van der Waals surface area contributed by atoms with Gasteiger partial charge in [-0.15, -0.1) is 0 Å². The Morgan fingerprint density at radius 2 is 2.22 bits per heavy atom. The van der Waals surface area contributed by atoms with Gasteiger partial charge in [-0.2, -0.15) is 0 Å². The zero-order chi connectivity index (χ0) is 7.28. The van der Waals surface area contributed by atoms with Gasteiger partial charge in [0.25, 0.3) is 0 Å². The van der Waals surface area contributed by atoms with Crippen molar-refractivity contribution in [3.05, 3.63) is 24.4 Å². The average Bonchev–Trinajstić information content (AvgIpc) is 1.82. The summed E-state index contributed by atoms with van der Waals surface area (Å²) in [5.41, 5.74) is -0.0648. The first-order chi connectivity index (χ1) is 4.22. The molecule has 0 aromatic rings. The molecule has 0 amide bonds. The monoisotopic (exact) mass is 124 g/mol. The van der Waals surface area contributed by atoms with Crippen LogP contribution >= 0.6 is 0 Å². The summed E-state index contributed by atoms with van der Waals surface area (Å²) >= 11 is 0. The van der Waals surface area contributed by atoms with Gasteiger partial charge in [0.15, 0.2) is 0 Å². The number of carbonyl (C=O) groups excluding carboxylic acids is 1. The zero-order valence-electron chi connectivity index (χ0n) is 4.83. The van der Waals surface area contributed by atoms with Crippen LogP contribution in [0.2, 0.25) is 0 Å². The summed E-state index contributed by atoms with van der Waals surface area (Å²) in [5, 5.41) is 9.98. The van der Waals surface area contributed by atoms with Crippen LogP contribution in [0.1, 0.15) is 0 Å². The summed E-state index contributed by atoms with van der Waals surface area (Å²) in [4.78, 5) is 13.2. The second-order valence-electron chi connectivity index (χ2n) is 1.26. The van der Waals surface area contributed by atoms with E-state index >= 15 is 0 Å². The molecular formula is C6H6NO2-. The van der Waals surface area contributed by atoms with E-state index in [4.69, 9.17) is 0 Å². The van der Waals surface area contributed by atoms with Gasteiger partial charge in [-0.3, -0.25) is 4.99 Å². The summed E-state index contributed by atoms with van der Waals surface area (Å²) in [7, 11) is 0. The molecule has 0 unspecified atom stereocenters. The number of aliphatic imine (C=N–C) groups is 1. The Hall–Kier alpha value is -1.38. The number of nitrogens with zero attached hydrogens (tertiary/aromatic N) is 1. The molecule has 9 heavy (non-hydrogen) atoms. The van der Waals surface area contributed by atoms with Crippen LogP contribution in [-0.2, 0) is 4.79 Å². The van der Waals surface area contributed by atoms with Crippen LogP contribution in [0.15, 0.2) is 29.4 Å². The molecule has 0 N–H and O–H groups in total. The van der Waals surface area contributed by atoms with Gasteiger partial charge in [-0.25, -0.2) is 0 Å². The van der Waals surface area contributed by atoms with Gasteiger partial charge in [0.2, 0.25) is 0 Å². The van der Waals surface area contributed by atoms with Crippen LogP contribution < -0.4 is 5.11 Å². The minimum atomic E-state index is -1.29. The molecule has 0 saturated heterocycles. The standard InChI is InChI=1S/C6H7NO2/c1-3-5(4-7-2)6(8)9/h3-4H,1-2H2,(H,8,9)/p-1/b5-4+. The van der Waals surface area contributed by atoms with Gasteiger partial charge in [0, 0.05) is 11.8 Å². The molecule has 0 bridgehead atoms. The second kappa shape index (κ2) is 3.60. The molecule has 0 spiro atoms. The number of rotatable bonds is 3. The third kappa shape index (κ3) is 2.43. The Bertz CT molecular complexity index is 170. The SMILES string of the molecule is C=C/C(=C\N=C)C(=O)[O-]. The lowest BCUT2D eigenvalue weighted by molar-refractivity contribution is -0.298. The van der Waals surface area contributed by atoms with Crippen molar-refractivity contribution in [2.45, 2.75) is 0 Å². The van der Waals surface area contributed by atoms with Crippen LogP contribution in [0.3, 0.4) is 0 Å².